The molecule has 5 rings (SSSR count). The number of hydrogen-bond acceptors (Lipinski definition) is 2. The molecule has 0 amide bonds. The van der Waals surface area contributed by atoms with Crippen molar-refractivity contribution in [2.45, 2.75) is 58.8 Å². The molecule has 0 aliphatic heterocycles. The van der Waals surface area contributed by atoms with Crippen molar-refractivity contribution in [3.63, 3.8) is 0 Å². The highest BCUT2D eigenvalue weighted by Gasteiger charge is 2.30. The largest absolute Gasteiger partial charge is 0.491 e. The van der Waals surface area contributed by atoms with E-state index < -0.39 is 34.9 Å². The highest BCUT2D eigenvalue weighted by Crippen LogP contribution is 2.42. The lowest BCUT2D eigenvalue weighted by molar-refractivity contribution is 0.146. The summed E-state index contributed by atoms with van der Waals surface area (Å²) in [7, 11) is 0. The molecule has 0 radical (unpaired) electrons. The summed E-state index contributed by atoms with van der Waals surface area (Å²) in [5.74, 6) is -5.83. The minimum Gasteiger partial charge on any atom is -0.491 e. The Hall–Kier alpha value is -3.42. The van der Waals surface area contributed by atoms with Crippen LogP contribution in [0.15, 0.2) is 42.5 Å². The molecule has 2 aliphatic rings. The Kier molecular flexibility index (Phi) is 9.19. The lowest BCUT2D eigenvalue weighted by Crippen LogP contribution is -2.26. The van der Waals surface area contributed by atoms with Gasteiger partial charge in [-0.25, -0.2) is 17.6 Å². The van der Waals surface area contributed by atoms with E-state index in [1.807, 2.05) is 6.08 Å². The van der Waals surface area contributed by atoms with Crippen LogP contribution in [0.4, 0.5) is 26.3 Å². The summed E-state index contributed by atoms with van der Waals surface area (Å²) in [5, 5.41) is 0. The highest BCUT2D eigenvalue weighted by molar-refractivity contribution is 5.68. The van der Waals surface area contributed by atoms with Crippen molar-refractivity contribution in [1.82, 2.24) is 0 Å². The van der Waals surface area contributed by atoms with Gasteiger partial charge in [0.15, 0.2) is 34.8 Å². The van der Waals surface area contributed by atoms with Gasteiger partial charge in [-0.3, -0.25) is 0 Å². The zero-order valence-electron chi connectivity index (χ0n) is 23.7. The molecule has 3 aromatic carbocycles. The molecule has 2 aliphatic carbocycles. The maximum Gasteiger partial charge on any atom is 0.201 e. The van der Waals surface area contributed by atoms with Crippen molar-refractivity contribution in [1.29, 1.82) is 0 Å². The number of halogens is 6. The minimum absolute atomic E-state index is 0.0759. The van der Waals surface area contributed by atoms with E-state index in [0.717, 1.165) is 44.1 Å². The van der Waals surface area contributed by atoms with E-state index in [1.54, 1.807) is 13.0 Å². The van der Waals surface area contributed by atoms with Crippen molar-refractivity contribution in [3.8, 4) is 22.6 Å². The highest BCUT2D eigenvalue weighted by atomic mass is 19.2. The summed E-state index contributed by atoms with van der Waals surface area (Å²) >= 11 is 0. The molecule has 8 heteroatoms. The van der Waals surface area contributed by atoms with Gasteiger partial charge in [0.2, 0.25) is 11.6 Å². The Bertz CT molecular complexity index is 1480. The maximum atomic E-state index is 14.8. The van der Waals surface area contributed by atoms with Crippen LogP contribution < -0.4 is 9.47 Å². The van der Waals surface area contributed by atoms with E-state index in [4.69, 9.17) is 9.47 Å². The van der Waals surface area contributed by atoms with Crippen LogP contribution in [0, 0.1) is 59.6 Å². The van der Waals surface area contributed by atoms with Gasteiger partial charge in [-0.15, -0.1) is 0 Å². The van der Waals surface area contributed by atoms with Crippen LogP contribution in [0.3, 0.4) is 0 Å². The van der Waals surface area contributed by atoms with E-state index >= 15 is 0 Å². The summed E-state index contributed by atoms with van der Waals surface area (Å²) in [6, 6.07) is 8.07. The van der Waals surface area contributed by atoms with Crippen LogP contribution in [-0.4, -0.2) is 13.2 Å². The summed E-state index contributed by atoms with van der Waals surface area (Å²) < 4.78 is 97.7. The summed E-state index contributed by atoms with van der Waals surface area (Å²) in [6.45, 7) is 3.60. The van der Waals surface area contributed by atoms with Gasteiger partial charge in [-0.05, 0) is 112 Å². The van der Waals surface area contributed by atoms with Gasteiger partial charge in [-0.2, -0.15) is 8.78 Å². The van der Waals surface area contributed by atoms with E-state index in [9.17, 15) is 26.3 Å². The number of hydrogen-bond donors (Lipinski definition) is 0. The first kappa shape index (κ1) is 30.1. The quantitative estimate of drug-likeness (QED) is 0.244. The first-order valence-corrected chi connectivity index (χ1v) is 14.6. The molecule has 2 nitrogen and oxygen atoms in total. The van der Waals surface area contributed by atoms with Crippen molar-refractivity contribution in [2.24, 2.45) is 17.8 Å². The normalized spacial score (nSPS) is 20.8. The first-order valence-electron chi connectivity index (χ1n) is 14.6. The number of allylic oxidation sites excluding steroid dienone is 2. The Balaban J connectivity index is 1.14. The molecule has 0 spiro atoms. The van der Waals surface area contributed by atoms with E-state index in [2.05, 4.69) is 0 Å². The fourth-order valence-electron chi connectivity index (χ4n) is 6.31. The number of aryl methyl sites for hydroxylation is 1. The predicted molar refractivity (Wildman–Crippen MR) is 150 cm³/mol. The van der Waals surface area contributed by atoms with Gasteiger partial charge in [0, 0.05) is 16.7 Å². The van der Waals surface area contributed by atoms with Gasteiger partial charge < -0.3 is 9.47 Å². The second kappa shape index (κ2) is 12.8. The van der Waals surface area contributed by atoms with Crippen LogP contribution in [-0.2, 0) is 0 Å². The lowest BCUT2D eigenvalue weighted by Gasteiger charge is -2.35. The summed E-state index contributed by atoms with van der Waals surface area (Å²) in [4.78, 5) is 0. The Morgan fingerprint density at radius 3 is 1.81 bits per heavy atom. The molecule has 1 saturated carbocycles. The number of benzene rings is 3. The summed E-state index contributed by atoms with van der Waals surface area (Å²) in [6.07, 6.45) is 8.12. The molecule has 0 saturated heterocycles. The standard InChI is InChI=1S/C34H34F6O2/c1-3-41-27-16-14-24(30(36)33(27)39)23-11-9-22(10-12-23)21-7-5-20(6-8-21)18-42-28-17-15-26(32(38)34(28)40)25-13-4-19(2)29(35)31(25)37/h4,11,13-17,20-22H,3,5-10,12,18H2,1-2H3. The van der Waals surface area contributed by atoms with Gasteiger partial charge in [0.05, 0.1) is 13.2 Å². The van der Waals surface area contributed by atoms with Gasteiger partial charge in [0.1, 0.15) is 0 Å². The Morgan fingerprint density at radius 2 is 1.19 bits per heavy atom. The minimum atomic E-state index is -1.28. The Morgan fingerprint density at radius 1 is 0.619 bits per heavy atom. The van der Waals surface area contributed by atoms with Crippen molar-refractivity contribution in [2.75, 3.05) is 13.2 Å². The van der Waals surface area contributed by atoms with E-state index in [1.165, 1.54) is 37.3 Å². The summed E-state index contributed by atoms with van der Waals surface area (Å²) in [5.41, 5.74) is 0.483. The molecule has 0 aromatic heterocycles. The zero-order valence-corrected chi connectivity index (χ0v) is 23.7. The van der Waals surface area contributed by atoms with E-state index in [0.29, 0.717) is 23.8 Å². The number of rotatable bonds is 8. The average molecular weight is 589 g/mol. The SMILES string of the molecule is CCOc1ccc(C2=CCC(C3CCC(COc4ccc(-c5ccc(C)c(F)c5F)c(F)c4F)CC3)CC2)c(F)c1F. The molecule has 224 valence electrons. The molecular formula is C34H34F6O2. The third kappa shape index (κ3) is 6.04. The molecule has 1 atom stereocenters. The van der Waals surface area contributed by atoms with Gasteiger partial charge >= 0.3 is 0 Å². The molecule has 0 bridgehead atoms. The van der Waals surface area contributed by atoms with Gasteiger partial charge in [0.25, 0.3) is 0 Å². The lowest BCUT2D eigenvalue weighted by atomic mass is 9.71. The Labute approximate surface area is 242 Å². The van der Waals surface area contributed by atoms with Crippen LogP contribution >= 0.6 is 0 Å². The first-order chi connectivity index (χ1) is 20.2. The fraction of sp³-hybridized carbons (Fsp3) is 0.412. The van der Waals surface area contributed by atoms with Crippen LogP contribution in [0.1, 0.15) is 63.0 Å². The topological polar surface area (TPSA) is 18.5 Å². The van der Waals surface area contributed by atoms with Crippen LogP contribution in [0.25, 0.3) is 16.7 Å². The number of ether oxygens (including phenoxy) is 2. The predicted octanol–water partition coefficient (Wildman–Crippen LogP) is 9.96. The van der Waals surface area contributed by atoms with Crippen molar-refractivity contribution < 1.29 is 35.8 Å². The maximum absolute atomic E-state index is 14.8. The third-order valence-electron chi connectivity index (χ3n) is 8.79. The molecule has 0 N–H and O–H groups in total. The van der Waals surface area contributed by atoms with Gasteiger partial charge in [-0.1, -0.05) is 18.2 Å². The average Bonchev–Trinajstić information content (AvgIpc) is 3.00. The monoisotopic (exact) mass is 588 g/mol. The molecule has 0 heterocycles. The molecular weight excluding hydrogens is 554 g/mol. The zero-order chi connectivity index (χ0) is 30.0. The van der Waals surface area contributed by atoms with Crippen LogP contribution in [0.2, 0.25) is 0 Å². The van der Waals surface area contributed by atoms with Crippen molar-refractivity contribution >= 4 is 5.57 Å². The second-order valence-corrected chi connectivity index (χ2v) is 11.3. The molecule has 1 unspecified atom stereocenters. The molecule has 1 fully saturated rings. The molecule has 3 aromatic rings. The second-order valence-electron chi connectivity index (χ2n) is 11.3. The fourth-order valence-corrected chi connectivity index (χ4v) is 6.31. The van der Waals surface area contributed by atoms with E-state index in [-0.39, 0.29) is 47.3 Å². The van der Waals surface area contributed by atoms with Crippen molar-refractivity contribution in [3.05, 3.63) is 88.5 Å². The van der Waals surface area contributed by atoms with Crippen LogP contribution in [0.5, 0.6) is 11.5 Å². The molecule has 42 heavy (non-hydrogen) atoms. The third-order valence-corrected chi connectivity index (χ3v) is 8.79. The smallest absolute Gasteiger partial charge is 0.201 e.